The van der Waals surface area contributed by atoms with Gasteiger partial charge in [0.25, 0.3) is 0 Å². The molecule has 0 nitrogen and oxygen atoms in total. The van der Waals surface area contributed by atoms with Gasteiger partial charge in [-0.3, -0.25) is 0 Å². The van der Waals surface area contributed by atoms with Gasteiger partial charge in [0.1, 0.15) is 0 Å². The van der Waals surface area contributed by atoms with Gasteiger partial charge in [-0.2, -0.15) is 0 Å². The summed E-state index contributed by atoms with van der Waals surface area (Å²) in [6, 6.07) is 0. The summed E-state index contributed by atoms with van der Waals surface area (Å²) in [5, 5.41) is 0. The zero-order valence-electron chi connectivity index (χ0n) is 10.1. The van der Waals surface area contributed by atoms with Crippen LogP contribution in [-0.4, -0.2) is 5.75 Å². The number of hydrogen-bond donors (Lipinski definition) is 0. The molecule has 0 spiro atoms. The number of benzene rings is 1. The Bertz CT molecular complexity index is 322. The van der Waals surface area contributed by atoms with Crippen molar-refractivity contribution < 1.29 is 0 Å². The van der Waals surface area contributed by atoms with Crippen molar-refractivity contribution >= 4 is 11.8 Å². The highest BCUT2D eigenvalue weighted by molar-refractivity contribution is 7.99. The Morgan fingerprint density at radius 1 is 0.733 bits per heavy atom. The van der Waals surface area contributed by atoms with Gasteiger partial charge >= 0.3 is 0 Å². The maximum absolute atomic E-state index is 2.24. The van der Waals surface area contributed by atoms with Gasteiger partial charge in [0, 0.05) is 4.90 Å². The average Bonchev–Trinajstić information content (AvgIpc) is 2.19. The lowest BCUT2D eigenvalue weighted by Gasteiger charge is -2.17. The zero-order chi connectivity index (χ0) is 10.9. The van der Waals surface area contributed by atoms with Crippen molar-refractivity contribution in [2.24, 2.45) is 0 Å². The van der Waals surface area contributed by atoms with Gasteiger partial charge in [0.05, 0.1) is 0 Å². The molecule has 0 fully saturated rings. The van der Waals surface area contributed by atoms with E-state index in [1.807, 2.05) is 11.8 Å². The van der Waals surface area contributed by atoms with Crippen LogP contribution in [0.2, 0.25) is 0 Å². The van der Waals surface area contributed by atoms with Crippen molar-refractivity contribution in [2.75, 3.05) is 5.75 Å². The highest BCUT2D eigenvalue weighted by Gasteiger charge is 2.11. The maximum atomic E-state index is 2.24. The van der Waals surface area contributed by atoms with Crippen LogP contribution in [0.15, 0.2) is 4.90 Å². The third kappa shape index (κ3) is 2.57. The van der Waals surface area contributed by atoms with Gasteiger partial charge in [0.15, 0.2) is 0 Å². The van der Waals surface area contributed by atoms with E-state index in [0.29, 0.717) is 0 Å². The van der Waals surface area contributed by atoms with Crippen LogP contribution in [0.3, 0.4) is 0 Å². The highest BCUT2D eigenvalue weighted by atomic mass is 32.2. The van der Waals surface area contributed by atoms with E-state index in [9.17, 15) is 0 Å². The first kappa shape index (κ1) is 14.6. The molecule has 0 saturated heterocycles. The van der Waals surface area contributed by atoms with Crippen molar-refractivity contribution in [2.45, 2.75) is 53.9 Å². The molecule has 0 bridgehead atoms. The summed E-state index contributed by atoms with van der Waals surface area (Å²) in [7, 11) is 0. The predicted molar refractivity (Wildman–Crippen MR) is 73.3 cm³/mol. The predicted octanol–water partition coefficient (Wildman–Crippen LogP) is 4.98. The van der Waals surface area contributed by atoms with Crippen LogP contribution >= 0.6 is 11.8 Å². The minimum absolute atomic E-state index is 0. The van der Waals surface area contributed by atoms with Crippen LogP contribution in [0.4, 0.5) is 0 Å². The van der Waals surface area contributed by atoms with Gasteiger partial charge in [-0.25, -0.2) is 0 Å². The molecule has 0 aliphatic heterocycles. The first-order valence-corrected chi connectivity index (χ1v) is 6.19. The Balaban J connectivity index is 0.00000196. The third-order valence-corrected chi connectivity index (χ3v) is 4.41. The van der Waals surface area contributed by atoms with E-state index < -0.39 is 0 Å². The largest absolute Gasteiger partial charge is 0.126 e. The molecular formula is C14H24S. The normalized spacial score (nSPS) is 10.0. The van der Waals surface area contributed by atoms with Gasteiger partial charge in [-0.05, 0) is 68.2 Å². The van der Waals surface area contributed by atoms with Gasteiger partial charge in [-0.15, -0.1) is 11.8 Å². The summed E-state index contributed by atoms with van der Waals surface area (Å²) in [5.74, 6) is 1.16. The molecule has 1 heteroatoms. The summed E-state index contributed by atoms with van der Waals surface area (Å²) < 4.78 is 0. The standard InChI is InChI=1S/C13H20S.CH4/c1-7-14-13-11(5)9(3)8(2)10(4)12(13)6;/h7H2,1-6H3;1H4. The second-order valence-electron chi connectivity index (χ2n) is 3.89. The minimum Gasteiger partial charge on any atom is -0.126 e. The van der Waals surface area contributed by atoms with E-state index in [-0.39, 0.29) is 7.43 Å². The first-order valence-electron chi connectivity index (χ1n) is 5.20. The lowest BCUT2D eigenvalue weighted by Crippen LogP contribution is -1.98. The van der Waals surface area contributed by atoms with E-state index >= 15 is 0 Å². The Morgan fingerprint density at radius 3 is 1.40 bits per heavy atom. The van der Waals surface area contributed by atoms with Crippen LogP contribution < -0.4 is 0 Å². The molecule has 0 N–H and O–H groups in total. The molecule has 0 radical (unpaired) electrons. The molecule has 0 aliphatic carbocycles. The summed E-state index contributed by atoms with van der Waals surface area (Å²) >= 11 is 1.97. The summed E-state index contributed by atoms with van der Waals surface area (Å²) in [4.78, 5) is 1.49. The molecule has 0 heterocycles. The average molecular weight is 224 g/mol. The third-order valence-electron chi connectivity index (χ3n) is 3.22. The smallest absolute Gasteiger partial charge is 0.0136 e. The molecule has 1 rings (SSSR count). The van der Waals surface area contributed by atoms with Crippen LogP contribution in [0.1, 0.15) is 42.2 Å². The Labute approximate surface area is 99.5 Å². The van der Waals surface area contributed by atoms with Crippen molar-refractivity contribution in [1.29, 1.82) is 0 Å². The fourth-order valence-electron chi connectivity index (χ4n) is 1.83. The van der Waals surface area contributed by atoms with E-state index in [1.54, 1.807) is 0 Å². The lowest BCUT2D eigenvalue weighted by atomic mass is 9.95. The van der Waals surface area contributed by atoms with Crippen LogP contribution in [0.5, 0.6) is 0 Å². The van der Waals surface area contributed by atoms with E-state index in [1.165, 1.54) is 32.7 Å². The summed E-state index contributed by atoms with van der Waals surface area (Å²) in [5.41, 5.74) is 7.32. The van der Waals surface area contributed by atoms with E-state index in [2.05, 4.69) is 41.5 Å². The quantitative estimate of drug-likeness (QED) is 0.639. The van der Waals surface area contributed by atoms with Crippen LogP contribution in [-0.2, 0) is 0 Å². The Hall–Kier alpha value is -0.430. The van der Waals surface area contributed by atoms with E-state index in [4.69, 9.17) is 0 Å². The van der Waals surface area contributed by atoms with Crippen molar-refractivity contribution in [3.05, 3.63) is 27.8 Å². The molecule has 1 aromatic carbocycles. The van der Waals surface area contributed by atoms with Crippen molar-refractivity contribution in [3.63, 3.8) is 0 Å². The minimum atomic E-state index is 0. The van der Waals surface area contributed by atoms with Gasteiger partial charge in [0.2, 0.25) is 0 Å². The van der Waals surface area contributed by atoms with Gasteiger partial charge in [-0.1, -0.05) is 14.4 Å². The summed E-state index contributed by atoms with van der Waals surface area (Å²) in [6.07, 6.45) is 0. The maximum Gasteiger partial charge on any atom is 0.0136 e. The van der Waals surface area contributed by atoms with Gasteiger partial charge < -0.3 is 0 Å². The lowest BCUT2D eigenvalue weighted by molar-refractivity contribution is 1.09. The molecule has 0 amide bonds. The topological polar surface area (TPSA) is 0 Å². The Kier molecular flexibility index (Phi) is 5.44. The molecule has 1 aromatic rings. The second-order valence-corrected chi connectivity index (χ2v) is 5.16. The molecule has 0 unspecified atom stereocenters. The molecule has 15 heavy (non-hydrogen) atoms. The molecule has 0 saturated carbocycles. The van der Waals surface area contributed by atoms with Crippen LogP contribution in [0.25, 0.3) is 0 Å². The molecule has 0 aromatic heterocycles. The molecule has 0 atom stereocenters. The highest BCUT2D eigenvalue weighted by Crippen LogP contribution is 2.32. The molecule has 86 valence electrons. The number of hydrogen-bond acceptors (Lipinski definition) is 1. The molecular weight excluding hydrogens is 200 g/mol. The summed E-state index contributed by atoms with van der Waals surface area (Å²) in [6.45, 7) is 13.4. The first-order chi connectivity index (χ1) is 6.50. The second kappa shape index (κ2) is 5.60. The zero-order valence-corrected chi connectivity index (χ0v) is 10.9. The number of thioether (sulfide) groups is 1. The fourth-order valence-corrected chi connectivity index (χ4v) is 2.85. The Morgan fingerprint density at radius 2 is 1.07 bits per heavy atom. The molecule has 0 aliphatic rings. The fraction of sp³-hybridized carbons (Fsp3) is 0.571. The number of rotatable bonds is 2. The van der Waals surface area contributed by atoms with E-state index in [0.717, 1.165) is 5.75 Å². The SMILES string of the molecule is C.CCSc1c(C)c(C)c(C)c(C)c1C. The van der Waals surface area contributed by atoms with Crippen molar-refractivity contribution in [3.8, 4) is 0 Å². The van der Waals surface area contributed by atoms with Crippen LogP contribution in [0, 0.1) is 34.6 Å². The van der Waals surface area contributed by atoms with Crippen molar-refractivity contribution in [1.82, 2.24) is 0 Å². The monoisotopic (exact) mass is 224 g/mol.